The summed E-state index contributed by atoms with van der Waals surface area (Å²) >= 11 is 0. The van der Waals surface area contributed by atoms with Gasteiger partial charge in [0.25, 0.3) is 0 Å². The van der Waals surface area contributed by atoms with Crippen LogP contribution in [0.4, 0.5) is 0 Å². The third kappa shape index (κ3) is 82.1. The molecule has 7 heteroatoms. The third-order valence-corrected chi connectivity index (χ3v) is 0. The van der Waals surface area contributed by atoms with Crippen LogP contribution in [0.1, 0.15) is 0 Å². The molecule has 0 spiro atoms. The first-order valence-electron chi connectivity index (χ1n) is 0. The van der Waals surface area contributed by atoms with Crippen molar-refractivity contribution in [3.05, 3.63) is 0 Å². The number of rotatable bonds is 0. The zero-order valence-electron chi connectivity index (χ0n) is 2.83. The third-order valence-electron chi connectivity index (χ3n) is 0. The Hall–Kier alpha value is 1.78. The first kappa shape index (κ1) is 168. The fourth-order valence-electron chi connectivity index (χ4n) is 0. The molecule has 0 amide bonds. The maximum Gasteiger partial charge on any atom is 3.00 e. The molecule has 0 aromatic rings. The maximum absolute atomic E-state index is 0. The summed E-state index contributed by atoms with van der Waals surface area (Å²) < 4.78 is 0. The molecule has 0 aliphatic carbocycles. The molecule has 0 aliphatic heterocycles. The summed E-state index contributed by atoms with van der Waals surface area (Å²) in [5.41, 5.74) is 0. The molecule has 0 saturated heterocycles. The van der Waals surface area contributed by atoms with Gasteiger partial charge in [-0.1, -0.05) is 0 Å². The van der Waals surface area contributed by atoms with E-state index in [9.17, 15) is 0 Å². The molecule has 7 heavy (non-hydrogen) atoms. The molecule has 0 bridgehead atoms. The Bertz CT molecular complexity index is 10.9. The molecule has 0 heterocycles. The van der Waals surface area contributed by atoms with Crippen LogP contribution >= 0.6 is 19.8 Å². The van der Waals surface area contributed by atoms with Gasteiger partial charge in [-0.3, -0.25) is 0 Å². The smallest absolute Gasteiger partial charge is 2.00 e. The summed E-state index contributed by atoms with van der Waals surface area (Å²) in [6, 6.07) is 0. The zero-order valence-corrected chi connectivity index (χ0v) is 6.82. The van der Waals surface area contributed by atoms with E-state index in [-0.39, 0.29) is 70.4 Å². The summed E-state index contributed by atoms with van der Waals surface area (Å²) in [6.07, 6.45) is 0. The summed E-state index contributed by atoms with van der Waals surface area (Å²) in [5.74, 6) is 0. The van der Waals surface area contributed by atoms with Gasteiger partial charge in [-0.25, -0.2) is 0 Å². The van der Waals surface area contributed by atoms with Crippen molar-refractivity contribution in [3.63, 3.8) is 0 Å². The van der Waals surface area contributed by atoms with Crippen LogP contribution in [0, 0.1) is 0 Å². The molecule has 0 aromatic carbocycles. The van der Waals surface area contributed by atoms with Gasteiger partial charge in [-0.15, -0.1) is 0 Å². The van der Waals surface area contributed by atoms with E-state index in [0.717, 1.165) is 0 Å². The predicted octanol–water partition coefficient (Wildman–Crippen LogP) is 1.36. The standard InChI is InChI=1S/2Fe.3O.2P/q2*+3;3*-2;;. The molecular weight excluding hydrogens is 222 g/mol. The Morgan fingerprint density at radius 1 is 0.429 bits per heavy atom. The van der Waals surface area contributed by atoms with E-state index in [1.807, 2.05) is 0 Å². The van der Waals surface area contributed by atoms with Crippen LogP contribution in [0.3, 0.4) is 0 Å². The van der Waals surface area contributed by atoms with Gasteiger partial charge in [0.1, 0.15) is 0 Å². The van der Waals surface area contributed by atoms with Gasteiger partial charge in [0, 0.05) is 19.8 Å². The molecule has 0 fully saturated rings. The van der Waals surface area contributed by atoms with Gasteiger partial charge in [-0.2, -0.15) is 0 Å². The van der Waals surface area contributed by atoms with Crippen LogP contribution in [0.2, 0.25) is 0 Å². The molecule has 0 unspecified atom stereocenters. The second-order valence-corrected chi connectivity index (χ2v) is 0. The van der Waals surface area contributed by atoms with Crippen molar-refractivity contribution in [2.75, 3.05) is 0 Å². The molecule has 8 radical (unpaired) electrons. The van der Waals surface area contributed by atoms with Gasteiger partial charge in [0.05, 0.1) is 0 Å². The summed E-state index contributed by atoms with van der Waals surface area (Å²) in [7, 11) is 0. The predicted molar refractivity (Wildman–Crippen MR) is 15.9 cm³/mol. The Balaban J connectivity index is 0. The molecule has 44 valence electrons. The van der Waals surface area contributed by atoms with Crippen molar-refractivity contribution < 1.29 is 50.6 Å². The zero-order chi connectivity index (χ0) is 0. The summed E-state index contributed by atoms with van der Waals surface area (Å²) in [5, 5.41) is 0. The summed E-state index contributed by atoms with van der Waals surface area (Å²) in [4.78, 5) is 0. The van der Waals surface area contributed by atoms with E-state index >= 15 is 0 Å². The molecule has 0 aliphatic rings. The van der Waals surface area contributed by atoms with E-state index in [1.165, 1.54) is 0 Å². The van der Waals surface area contributed by atoms with Crippen molar-refractivity contribution in [3.8, 4) is 0 Å². The first-order chi connectivity index (χ1) is 0. The second kappa shape index (κ2) is 113. The van der Waals surface area contributed by atoms with Gasteiger partial charge in [0.15, 0.2) is 0 Å². The Morgan fingerprint density at radius 2 is 0.429 bits per heavy atom. The quantitative estimate of drug-likeness (QED) is 0.437. The molecule has 3 nitrogen and oxygen atoms in total. The molecule has 0 N–H and O–H groups in total. The van der Waals surface area contributed by atoms with E-state index in [1.54, 1.807) is 0 Å². The molecule has 0 aromatic heterocycles. The second-order valence-electron chi connectivity index (χ2n) is 0. The van der Waals surface area contributed by atoms with Gasteiger partial charge in [-0.05, 0) is 0 Å². The minimum Gasteiger partial charge on any atom is -2.00 e. The molecule has 0 rings (SSSR count). The van der Waals surface area contributed by atoms with Crippen LogP contribution in [-0.2, 0) is 50.6 Å². The maximum atomic E-state index is 0. The average Bonchev–Trinajstić information content (AvgIpc) is 0. The molecular formula is Fe2O3P2. The van der Waals surface area contributed by atoms with Gasteiger partial charge >= 0.3 is 34.1 Å². The van der Waals surface area contributed by atoms with Crippen LogP contribution in [0.5, 0.6) is 0 Å². The van der Waals surface area contributed by atoms with E-state index in [0.29, 0.717) is 0 Å². The van der Waals surface area contributed by atoms with Gasteiger partial charge in [0.2, 0.25) is 0 Å². The van der Waals surface area contributed by atoms with Crippen molar-refractivity contribution in [2.45, 2.75) is 0 Å². The van der Waals surface area contributed by atoms with E-state index < -0.39 is 0 Å². The molecule has 0 saturated carbocycles. The minimum absolute atomic E-state index is 0. The number of hydrogen-bond donors (Lipinski definition) is 0. The fourth-order valence-corrected chi connectivity index (χ4v) is 0. The Morgan fingerprint density at radius 3 is 0.429 bits per heavy atom. The average molecular weight is 222 g/mol. The van der Waals surface area contributed by atoms with Crippen LogP contribution in [0.25, 0.3) is 0 Å². The summed E-state index contributed by atoms with van der Waals surface area (Å²) in [6.45, 7) is 0. The Kier molecular flexibility index (Phi) is 2710. The SMILES string of the molecule is [Fe+3].[Fe+3].[O-2].[O-2].[O-2].[P].[P]. The van der Waals surface area contributed by atoms with Crippen molar-refractivity contribution in [1.29, 1.82) is 0 Å². The van der Waals surface area contributed by atoms with Crippen LogP contribution < -0.4 is 0 Å². The molecule has 0 atom stereocenters. The largest absolute Gasteiger partial charge is 3.00 e. The normalized spacial score (nSPS) is 0. The van der Waals surface area contributed by atoms with Crippen molar-refractivity contribution >= 4 is 19.8 Å². The topological polar surface area (TPSA) is 85.5 Å². The van der Waals surface area contributed by atoms with Crippen molar-refractivity contribution in [2.24, 2.45) is 0 Å². The van der Waals surface area contributed by atoms with Crippen LogP contribution in [0.15, 0.2) is 0 Å². The monoisotopic (exact) mass is 222 g/mol. The van der Waals surface area contributed by atoms with Crippen LogP contribution in [-0.4, -0.2) is 0 Å². The van der Waals surface area contributed by atoms with Crippen molar-refractivity contribution in [1.82, 2.24) is 0 Å². The van der Waals surface area contributed by atoms with Gasteiger partial charge < -0.3 is 16.4 Å². The Labute approximate surface area is 70.5 Å². The fraction of sp³-hybridized carbons (Fsp3) is 0. The van der Waals surface area contributed by atoms with E-state index in [4.69, 9.17) is 0 Å². The minimum atomic E-state index is 0. The number of hydrogen-bond acceptors (Lipinski definition) is 0. The first-order valence-corrected chi connectivity index (χ1v) is 0. The van der Waals surface area contributed by atoms with E-state index in [2.05, 4.69) is 0 Å².